The molecule has 2 rings (SSSR count). The first-order valence-electron chi connectivity index (χ1n) is 6.75. The van der Waals surface area contributed by atoms with Crippen LogP contribution in [0.5, 0.6) is 0 Å². The highest BCUT2D eigenvalue weighted by atomic mass is 32.1. The van der Waals surface area contributed by atoms with Gasteiger partial charge in [-0.25, -0.2) is 0 Å². The number of nitrogens with zero attached hydrogens (tertiary/aromatic N) is 3. The van der Waals surface area contributed by atoms with E-state index in [1.807, 2.05) is 13.8 Å². The predicted octanol–water partition coefficient (Wildman–Crippen LogP) is 3.46. The Hall–Kier alpha value is -1.93. The Labute approximate surface area is 123 Å². The van der Waals surface area contributed by atoms with Gasteiger partial charge in [-0.3, -0.25) is 0 Å². The molecular formula is C15H18N4S. The highest BCUT2D eigenvalue weighted by Gasteiger charge is 2.14. The molecule has 2 aromatic rings. The summed E-state index contributed by atoms with van der Waals surface area (Å²) < 4.78 is 0. The van der Waals surface area contributed by atoms with E-state index in [0.29, 0.717) is 17.9 Å². The average molecular weight is 286 g/mol. The highest BCUT2D eigenvalue weighted by Crippen LogP contribution is 2.21. The lowest BCUT2D eigenvalue weighted by Gasteiger charge is -2.11. The largest absolute Gasteiger partial charge is 0.363 e. The first kappa shape index (κ1) is 14.5. The number of nitriles is 1. The van der Waals surface area contributed by atoms with Crippen LogP contribution in [0.2, 0.25) is 0 Å². The van der Waals surface area contributed by atoms with Crippen molar-refractivity contribution < 1.29 is 0 Å². The highest BCUT2D eigenvalue weighted by molar-refractivity contribution is 7.08. The van der Waals surface area contributed by atoms with E-state index < -0.39 is 0 Å². The molecule has 0 aliphatic rings. The van der Waals surface area contributed by atoms with E-state index in [-0.39, 0.29) is 0 Å². The van der Waals surface area contributed by atoms with Gasteiger partial charge in [-0.1, -0.05) is 13.8 Å². The minimum absolute atomic E-state index is 0.590. The summed E-state index contributed by atoms with van der Waals surface area (Å²) in [4.78, 5) is 0. The minimum Gasteiger partial charge on any atom is -0.363 e. The van der Waals surface area contributed by atoms with E-state index in [1.54, 1.807) is 11.3 Å². The van der Waals surface area contributed by atoms with Crippen molar-refractivity contribution in [3.63, 3.8) is 0 Å². The first-order chi connectivity index (χ1) is 9.71. The summed E-state index contributed by atoms with van der Waals surface area (Å²) in [7, 11) is 0. The second kappa shape index (κ2) is 6.49. The van der Waals surface area contributed by atoms with E-state index in [1.165, 1.54) is 11.1 Å². The third-order valence-electron chi connectivity index (χ3n) is 3.37. The Morgan fingerprint density at radius 2 is 2.05 bits per heavy atom. The number of thiophene rings is 1. The fraction of sp³-hybridized carbons (Fsp3) is 0.400. The molecule has 0 aromatic carbocycles. The summed E-state index contributed by atoms with van der Waals surface area (Å²) in [6.07, 6.45) is 1.60. The molecule has 0 aliphatic heterocycles. The fourth-order valence-electron chi connectivity index (χ4n) is 2.16. The standard InChI is InChI=1S/C15H18N4S/c1-4-12-13(6-16)15(19-18-14(12)5-2)17-7-11-9-20-8-10(11)3/h8-9H,4-5,7H2,1-3H3,(H,17,19). The van der Waals surface area contributed by atoms with Gasteiger partial charge in [0, 0.05) is 6.54 Å². The van der Waals surface area contributed by atoms with Crippen molar-refractivity contribution in [2.45, 2.75) is 40.2 Å². The number of aryl methyl sites for hydroxylation is 2. The van der Waals surface area contributed by atoms with Gasteiger partial charge >= 0.3 is 0 Å². The second-order valence-electron chi connectivity index (χ2n) is 4.60. The summed E-state index contributed by atoms with van der Waals surface area (Å²) in [5, 5.41) is 25.3. The predicted molar refractivity (Wildman–Crippen MR) is 81.9 cm³/mol. The summed E-state index contributed by atoms with van der Waals surface area (Å²) in [6, 6.07) is 2.27. The van der Waals surface area contributed by atoms with Gasteiger partial charge in [0.05, 0.1) is 5.69 Å². The zero-order valence-corrected chi connectivity index (χ0v) is 12.8. The van der Waals surface area contributed by atoms with Crippen molar-refractivity contribution >= 4 is 17.2 Å². The van der Waals surface area contributed by atoms with Crippen LogP contribution in [0.3, 0.4) is 0 Å². The van der Waals surface area contributed by atoms with Gasteiger partial charge in [0.2, 0.25) is 0 Å². The lowest BCUT2D eigenvalue weighted by atomic mass is 10.0. The summed E-state index contributed by atoms with van der Waals surface area (Å²) in [5.74, 6) is 0.590. The number of hydrogen-bond acceptors (Lipinski definition) is 5. The molecule has 0 spiro atoms. The zero-order valence-electron chi connectivity index (χ0n) is 12.0. The average Bonchev–Trinajstić information content (AvgIpc) is 2.89. The molecule has 2 heterocycles. The Balaban J connectivity index is 2.28. The molecule has 0 atom stereocenters. The monoisotopic (exact) mass is 286 g/mol. The van der Waals surface area contributed by atoms with Crippen LogP contribution in [-0.4, -0.2) is 10.2 Å². The molecular weight excluding hydrogens is 268 g/mol. The molecule has 20 heavy (non-hydrogen) atoms. The van der Waals surface area contributed by atoms with Gasteiger partial charge < -0.3 is 5.32 Å². The lowest BCUT2D eigenvalue weighted by Crippen LogP contribution is -2.10. The lowest BCUT2D eigenvalue weighted by molar-refractivity contribution is 0.869. The molecule has 5 heteroatoms. The molecule has 0 bridgehead atoms. The van der Waals surface area contributed by atoms with E-state index in [9.17, 15) is 5.26 Å². The van der Waals surface area contributed by atoms with Crippen molar-refractivity contribution in [1.29, 1.82) is 5.26 Å². The molecule has 0 saturated heterocycles. The molecule has 0 aliphatic carbocycles. The number of anilines is 1. The van der Waals surface area contributed by atoms with Gasteiger partial charge in [0.1, 0.15) is 11.6 Å². The van der Waals surface area contributed by atoms with E-state index in [2.05, 4.69) is 39.3 Å². The number of hydrogen-bond donors (Lipinski definition) is 1. The molecule has 1 N–H and O–H groups in total. The maximum Gasteiger partial charge on any atom is 0.167 e. The summed E-state index contributed by atoms with van der Waals surface area (Å²) in [5.41, 5.74) is 5.05. The molecule has 2 aromatic heterocycles. The van der Waals surface area contributed by atoms with Crippen molar-refractivity contribution in [3.05, 3.63) is 38.7 Å². The van der Waals surface area contributed by atoms with Crippen LogP contribution in [0, 0.1) is 18.3 Å². The summed E-state index contributed by atoms with van der Waals surface area (Å²) in [6.45, 7) is 6.84. The Bertz CT molecular complexity index is 640. The zero-order chi connectivity index (χ0) is 14.5. The van der Waals surface area contributed by atoms with Gasteiger partial charge in [-0.05, 0) is 47.2 Å². The van der Waals surface area contributed by atoms with Crippen LogP contribution in [0.15, 0.2) is 10.8 Å². The quantitative estimate of drug-likeness (QED) is 0.914. The second-order valence-corrected chi connectivity index (χ2v) is 5.34. The third kappa shape index (κ3) is 2.81. The Morgan fingerprint density at radius 3 is 2.60 bits per heavy atom. The SMILES string of the molecule is CCc1nnc(NCc2cscc2C)c(C#N)c1CC. The molecule has 0 saturated carbocycles. The number of rotatable bonds is 5. The van der Waals surface area contributed by atoms with Crippen LogP contribution in [0.1, 0.15) is 41.8 Å². The van der Waals surface area contributed by atoms with E-state index in [4.69, 9.17) is 0 Å². The van der Waals surface area contributed by atoms with Crippen LogP contribution in [0.25, 0.3) is 0 Å². The van der Waals surface area contributed by atoms with Crippen molar-refractivity contribution in [2.24, 2.45) is 0 Å². The van der Waals surface area contributed by atoms with Crippen LogP contribution in [0.4, 0.5) is 5.82 Å². The molecule has 0 fully saturated rings. The molecule has 0 unspecified atom stereocenters. The van der Waals surface area contributed by atoms with Crippen LogP contribution in [-0.2, 0) is 19.4 Å². The fourth-order valence-corrected chi connectivity index (χ4v) is 3.02. The molecule has 0 amide bonds. The van der Waals surface area contributed by atoms with Gasteiger partial charge in [-0.15, -0.1) is 5.10 Å². The first-order valence-corrected chi connectivity index (χ1v) is 7.69. The Morgan fingerprint density at radius 1 is 1.25 bits per heavy atom. The topological polar surface area (TPSA) is 61.6 Å². The molecule has 104 valence electrons. The van der Waals surface area contributed by atoms with Crippen molar-refractivity contribution in [2.75, 3.05) is 5.32 Å². The Kier molecular flexibility index (Phi) is 4.70. The number of aromatic nitrogens is 2. The maximum absolute atomic E-state index is 9.41. The maximum atomic E-state index is 9.41. The van der Waals surface area contributed by atoms with Crippen molar-refractivity contribution in [3.8, 4) is 6.07 Å². The smallest absolute Gasteiger partial charge is 0.167 e. The van der Waals surface area contributed by atoms with E-state index in [0.717, 1.165) is 24.1 Å². The number of nitrogens with one attached hydrogen (secondary N) is 1. The minimum atomic E-state index is 0.590. The van der Waals surface area contributed by atoms with Gasteiger partial charge in [-0.2, -0.15) is 21.7 Å². The molecule has 0 radical (unpaired) electrons. The normalized spacial score (nSPS) is 10.3. The van der Waals surface area contributed by atoms with E-state index >= 15 is 0 Å². The van der Waals surface area contributed by atoms with Gasteiger partial charge in [0.25, 0.3) is 0 Å². The summed E-state index contributed by atoms with van der Waals surface area (Å²) >= 11 is 1.68. The van der Waals surface area contributed by atoms with Crippen molar-refractivity contribution in [1.82, 2.24) is 10.2 Å². The third-order valence-corrected chi connectivity index (χ3v) is 4.28. The van der Waals surface area contributed by atoms with Gasteiger partial charge in [0.15, 0.2) is 5.82 Å². The molecule has 4 nitrogen and oxygen atoms in total. The van der Waals surface area contributed by atoms with Crippen LogP contribution < -0.4 is 5.32 Å². The van der Waals surface area contributed by atoms with Crippen LogP contribution >= 0.6 is 11.3 Å².